The molecule has 0 amide bonds. The summed E-state index contributed by atoms with van der Waals surface area (Å²) in [6.45, 7) is 5.49. The summed E-state index contributed by atoms with van der Waals surface area (Å²) in [5, 5.41) is 0. The van der Waals surface area contributed by atoms with E-state index in [1.54, 1.807) is 0 Å². The van der Waals surface area contributed by atoms with E-state index in [9.17, 15) is 14.3 Å². The molecular formula is C61H111NO7P+. The number of allylic oxidation sites excluding steroid dienone is 14. The molecule has 0 fully saturated rings. The molecule has 0 aromatic rings. The molecule has 0 rings (SSSR count). The normalized spacial score (nSPS) is 14.1. The largest absolute Gasteiger partial charge is 0.472 e. The lowest BCUT2D eigenvalue weighted by molar-refractivity contribution is -0.870. The van der Waals surface area contributed by atoms with E-state index in [0.29, 0.717) is 17.6 Å². The Morgan fingerprint density at radius 3 is 1.23 bits per heavy atom. The van der Waals surface area contributed by atoms with Gasteiger partial charge in [0.25, 0.3) is 0 Å². The van der Waals surface area contributed by atoms with Gasteiger partial charge >= 0.3 is 13.8 Å². The van der Waals surface area contributed by atoms with E-state index in [1.165, 1.54) is 135 Å². The number of likely N-dealkylation sites (N-methyl/N-ethyl adjacent to an activating group) is 1. The molecule has 0 aromatic carbocycles. The lowest BCUT2D eigenvalue weighted by Crippen LogP contribution is -2.37. The Hall–Kier alpha value is -2.32. The third kappa shape index (κ3) is 56.6. The first-order valence-electron chi connectivity index (χ1n) is 28.8. The van der Waals surface area contributed by atoms with Crippen LogP contribution in [-0.2, 0) is 27.9 Å². The van der Waals surface area contributed by atoms with E-state index >= 15 is 0 Å². The van der Waals surface area contributed by atoms with Gasteiger partial charge in [0.15, 0.2) is 0 Å². The molecule has 70 heavy (non-hydrogen) atoms. The first-order valence-corrected chi connectivity index (χ1v) is 30.3. The molecule has 1 N–H and O–H groups in total. The van der Waals surface area contributed by atoms with Crippen molar-refractivity contribution in [1.82, 2.24) is 0 Å². The third-order valence-corrected chi connectivity index (χ3v) is 13.2. The number of phosphoric ester groups is 1. The molecule has 0 aliphatic heterocycles. The lowest BCUT2D eigenvalue weighted by atomic mass is 10.0. The van der Waals surface area contributed by atoms with Crippen molar-refractivity contribution in [2.24, 2.45) is 0 Å². The minimum absolute atomic E-state index is 0.0788. The summed E-state index contributed by atoms with van der Waals surface area (Å²) in [5.41, 5.74) is 0. The van der Waals surface area contributed by atoms with Crippen molar-refractivity contribution in [2.45, 2.75) is 245 Å². The highest BCUT2D eigenvalue weighted by Crippen LogP contribution is 2.43. The van der Waals surface area contributed by atoms with Crippen LogP contribution < -0.4 is 0 Å². The van der Waals surface area contributed by atoms with Crippen LogP contribution in [0.2, 0.25) is 0 Å². The number of phosphoric acid groups is 1. The van der Waals surface area contributed by atoms with Crippen LogP contribution in [0.4, 0.5) is 0 Å². The van der Waals surface area contributed by atoms with Gasteiger partial charge in [-0.05, 0) is 70.6 Å². The first-order chi connectivity index (χ1) is 34.1. The fourth-order valence-electron chi connectivity index (χ4n) is 7.83. The Morgan fingerprint density at radius 2 is 0.829 bits per heavy atom. The zero-order valence-corrected chi connectivity index (χ0v) is 47.1. The quantitative estimate of drug-likeness (QED) is 0.0213. The van der Waals surface area contributed by atoms with E-state index < -0.39 is 13.9 Å². The van der Waals surface area contributed by atoms with Crippen molar-refractivity contribution in [3.63, 3.8) is 0 Å². The van der Waals surface area contributed by atoms with Crippen LogP contribution in [-0.4, -0.2) is 75.6 Å². The van der Waals surface area contributed by atoms with E-state index in [-0.39, 0.29) is 32.2 Å². The van der Waals surface area contributed by atoms with Crippen molar-refractivity contribution >= 4 is 13.8 Å². The molecule has 0 saturated heterocycles. The van der Waals surface area contributed by atoms with E-state index in [1.807, 2.05) is 21.1 Å². The van der Waals surface area contributed by atoms with Crippen molar-refractivity contribution in [1.29, 1.82) is 0 Å². The van der Waals surface area contributed by atoms with Gasteiger partial charge in [-0.15, -0.1) is 0 Å². The zero-order valence-electron chi connectivity index (χ0n) is 46.2. The van der Waals surface area contributed by atoms with Gasteiger partial charge in [-0.3, -0.25) is 13.8 Å². The van der Waals surface area contributed by atoms with Crippen LogP contribution in [0.15, 0.2) is 85.1 Å². The molecule has 0 saturated carbocycles. The summed E-state index contributed by atoms with van der Waals surface area (Å²) in [6, 6.07) is 0. The fourth-order valence-corrected chi connectivity index (χ4v) is 8.57. The molecule has 0 bridgehead atoms. The molecule has 406 valence electrons. The van der Waals surface area contributed by atoms with E-state index in [0.717, 1.165) is 83.5 Å². The number of carbonyl (C=O) groups is 1. The molecule has 0 aliphatic rings. The Bertz CT molecular complexity index is 1390. The zero-order chi connectivity index (χ0) is 51.2. The number of unbranched alkanes of at least 4 members (excludes halogenated alkanes) is 25. The molecule has 8 nitrogen and oxygen atoms in total. The number of quaternary nitrogens is 1. The number of ether oxygens (including phenoxy) is 2. The molecule has 0 radical (unpaired) electrons. The Morgan fingerprint density at radius 1 is 0.457 bits per heavy atom. The van der Waals surface area contributed by atoms with Crippen molar-refractivity contribution in [3.05, 3.63) is 85.1 Å². The standard InChI is InChI=1S/C61H110NO7P/c1-6-8-10-12-14-16-18-20-22-24-26-28-30-31-32-34-36-38-40-42-44-46-48-50-52-54-61(63)69-60(59-68-70(64,65)67-57-55-62(3,4)5)58-66-56-53-51-49-47-45-43-41-39-37-35-33-29-27-25-23-21-19-17-15-13-11-9-7-2/h8,10,14,16,20,22,26,28,31-32,36,38,42,44,60H,6-7,9,11-13,15,17-19,21,23-25,27,29-30,33-35,37,39-41,43,45-59H2,1-5H3/p+1/b10-8-,16-14-,22-20-,28-26-,32-31-,38-36-,44-42-. The van der Waals surface area contributed by atoms with Gasteiger partial charge < -0.3 is 18.9 Å². The van der Waals surface area contributed by atoms with Crippen LogP contribution in [0, 0.1) is 0 Å². The lowest BCUT2D eigenvalue weighted by Gasteiger charge is -2.24. The van der Waals surface area contributed by atoms with Gasteiger partial charge in [0, 0.05) is 13.0 Å². The predicted octanol–water partition coefficient (Wildman–Crippen LogP) is 18.3. The number of esters is 1. The molecule has 0 aliphatic carbocycles. The number of nitrogens with zero attached hydrogens (tertiary/aromatic N) is 1. The van der Waals surface area contributed by atoms with Gasteiger partial charge in [0.2, 0.25) is 0 Å². The van der Waals surface area contributed by atoms with Gasteiger partial charge in [0.05, 0.1) is 34.4 Å². The van der Waals surface area contributed by atoms with Crippen LogP contribution in [0.25, 0.3) is 0 Å². The van der Waals surface area contributed by atoms with E-state index in [2.05, 4.69) is 98.9 Å². The molecule has 0 aromatic heterocycles. The number of rotatable bonds is 53. The smallest absolute Gasteiger partial charge is 0.457 e. The maximum absolute atomic E-state index is 12.8. The number of hydrogen-bond donors (Lipinski definition) is 1. The molecule has 0 heterocycles. The highest BCUT2D eigenvalue weighted by Gasteiger charge is 2.26. The SMILES string of the molecule is CC/C=C\C/C=C\C/C=C\C/C=C\C/C=C\C/C=C\C/C=C\CCCCCC(=O)OC(COCCCCCCCCCCCCCCCCCCCCCCCCC)COP(=O)(O)OCC[N+](C)(C)C. The van der Waals surface area contributed by atoms with E-state index in [4.69, 9.17) is 18.5 Å². The monoisotopic (exact) mass is 1000 g/mol. The maximum Gasteiger partial charge on any atom is 0.472 e. The molecule has 9 heteroatoms. The molecule has 0 spiro atoms. The van der Waals surface area contributed by atoms with Crippen molar-refractivity contribution < 1.29 is 37.3 Å². The average molecular weight is 1000 g/mol. The summed E-state index contributed by atoms with van der Waals surface area (Å²) in [4.78, 5) is 23.1. The minimum atomic E-state index is -4.30. The minimum Gasteiger partial charge on any atom is -0.457 e. The van der Waals surface area contributed by atoms with Crippen LogP contribution in [0.1, 0.15) is 239 Å². The molecular weight excluding hydrogens is 890 g/mol. The average Bonchev–Trinajstić information content (AvgIpc) is 3.32. The molecule has 2 atom stereocenters. The Kier molecular flexibility index (Phi) is 51.2. The third-order valence-electron chi connectivity index (χ3n) is 12.2. The second-order valence-electron chi connectivity index (χ2n) is 20.3. The van der Waals surface area contributed by atoms with Crippen LogP contribution >= 0.6 is 7.82 Å². The highest BCUT2D eigenvalue weighted by atomic mass is 31.2. The van der Waals surface area contributed by atoms with Gasteiger partial charge in [-0.2, -0.15) is 0 Å². The number of hydrogen-bond acceptors (Lipinski definition) is 6. The van der Waals surface area contributed by atoms with Crippen molar-refractivity contribution in [3.8, 4) is 0 Å². The first kappa shape index (κ1) is 67.7. The Balaban J connectivity index is 4.16. The topological polar surface area (TPSA) is 91.3 Å². The summed E-state index contributed by atoms with van der Waals surface area (Å²) < 4.78 is 35.2. The van der Waals surface area contributed by atoms with Crippen LogP contribution in [0.5, 0.6) is 0 Å². The summed E-state index contributed by atoms with van der Waals surface area (Å²) in [7, 11) is 1.64. The summed E-state index contributed by atoms with van der Waals surface area (Å²) in [5.74, 6) is -0.344. The molecule has 2 unspecified atom stereocenters. The van der Waals surface area contributed by atoms with Crippen molar-refractivity contribution in [2.75, 3.05) is 54.1 Å². The highest BCUT2D eigenvalue weighted by molar-refractivity contribution is 7.47. The second kappa shape index (κ2) is 53.0. The second-order valence-corrected chi connectivity index (χ2v) is 21.8. The summed E-state index contributed by atoms with van der Waals surface area (Å²) >= 11 is 0. The van der Waals surface area contributed by atoms with Crippen LogP contribution in [0.3, 0.4) is 0 Å². The Labute approximate surface area is 433 Å². The fraction of sp³-hybridized carbons (Fsp3) is 0.754. The van der Waals surface area contributed by atoms with Gasteiger partial charge in [-0.25, -0.2) is 4.57 Å². The van der Waals surface area contributed by atoms with Gasteiger partial charge in [0.1, 0.15) is 19.3 Å². The maximum atomic E-state index is 12.8. The number of carbonyl (C=O) groups excluding carboxylic acids is 1. The predicted molar refractivity (Wildman–Crippen MR) is 302 cm³/mol. The summed E-state index contributed by atoms with van der Waals surface area (Å²) in [6.07, 6.45) is 72.2. The van der Waals surface area contributed by atoms with Gasteiger partial charge in [-0.1, -0.05) is 247 Å².